The van der Waals surface area contributed by atoms with E-state index >= 15 is 0 Å². The van der Waals surface area contributed by atoms with Gasteiger partial charge in [-0.25, -0.2) is 15.0 Å². The fourth-order valence-corrected chi connectivity index (χ4v) is 2.42. The largest absolute Gasteiger partial charge is 0.481 e. The van der Waals surface area contributed by atoms with Gasteiger partial charge in [-0.2, -0.15) is 0 Å². The van der Waals surface area contributed by atoms with Crippen LogP contribution in [0.5, 0.6) is 5.88 Å². The molecule has 1 atom stereocenters. The van der Waals surface area contributed by atoms with Gasteiger partial charge >= 0.3 is 0 Å². The number of hydrogen-bond donors (Lipinski definition) is 0. The molecule has 0 fully saturated rings. The van der Waals surface area contributed by atoms with Crippen LogP contribution >= 0.6 is 22.9 Å². The Morgan fingerprint density at radius 1 is 1.47 bits per heavy atom. The highest BCUT2D eigenvalue weighted by molar-refractivity contribution is 7.09. The van der Waals surface area contributed by atoms with Crippen LogP contribution in [-0.2, 0) is 6.42 Å². The Morgan fingerprint density at radius 3 is 2.94 bits per heavy atom. The molecule has 2 aromatic heterocycles. The van der Waals surface area contributed by atoms with E-state index in [0.717, 1.165) is 16.4 Å². The molecule has 1 unspecified atom stereocenters. The first-order valence-corrected chi connectivity index (χ1v) is 6.41. The molecule has 0 radical (unpaired) electrons. The number of aryl methyl sites for hydroxylation is 1. The van der Waals surface area contributed by atoms with Crippen LogP contribution in [0.1, 0.15) is 21.8 Å². The highest BCUT2D eigenvalue weighted by Gasteiger charge is 2.13. The quantitative estimate of drug-likeness (QED) is 0.801. The van der Waals surface area contributed by atoms with E-state index in [1.807, 2.05) is 12.3 Å². The van der Waals surface area contributed by atoms with E-state index in [1.54, 1.807) is 24.5 Å². The molecular weight excluding hydrogens is 258 g/mol. The van der Waals surface area contributed by atoms with Crippen LogP contribution < -0.4 is 4.74 Å². The van der Waals surface area contributed by atoms with Gasteiger partial charge in [0.2, 0.25) is 5.88 Å². The maximum absolute atomic E-state index is 6.29. The predicted octanol–water partition coefficient (Wildman–Crippen LogP) is 2.77. The fourth-order valence-electron chi connectivity index (χ4n) is 1.41. The van der Waals surface area contributed by atoms with Crippen LogP contribution in [0, 0.1) is 6.92 Å². The molecule has 6 heteroatoms. The number of ether oxygens (including phenoxy) is 1. The molecule has 0 aliphatic carbocycles. The van der Waals surface area contributed by atoms with E-state index in [1.165, 1.54) is 6.33 Å². The summed E-state index contributed by atoms with van der Waals surface area (Å²) in [6.45, 7) is 1.96. The zero-order valence-electron chi connectivity index (χ0n) is 9.55. The van der Waals surface area contributed by atoms with Crippen molar-refractivity contribution < 1.29 is 4.74 Å². The summed E-state index contributed by atoms with van der Waals surface area (Å²) < 4.78 is 5.04. The lowest BCUT2D eigenvalue weighted by atomic mass is 10.2. The summed E-state index contributed by atoms with van der Waals surface area (Å²) in [6, 6.07) is 1.79. The standard InChI is InChI=1S/C11H12ClN3OS/c1-7-15-10(5-17-7)9(12)3-8-4-11(16-2)14-6-13-8/h4-6,9H,3H2,1-2H3. The molecule has 0 saturated heterocycles. The molecule has 2 aromatic rings. The SMILES string of the molecule is COc1cc(CC(Cl)c2csc(C)n2)ncn1. The number of hydrogen-bond acceptors (Lipinski definition) is 5. The number of nitrogens with zero attached hydrogens (tertiary/aromatic N) is 3. The Morgan fingerprint density at radius 2 is 2.29 bits per heavy atom. The third kappa shape index (κ3) is 3.14. The van der Waals surface area contributed by atoms with Gasteiger partial charge in [-0.05, 0) is 6.92 Å². The van der Waals surface area contributed by atoms with Crippen molar-refractivity contribution in [3.8, 4) is 5.88 Å². The maximum Gasteiger partial charge on any atom is 0.216 e. The number of aromatic nitrogens is 3. The first-order valence-electron chi connectivity index (χ1n) is 5.10. The van der Waals surface area contributed by atoms with Gasteiger partial charge in [0.1, 0.15) is 6.33 Å². The second-order valence-electron chi connectivity index (χ2n) is 3.51. The Balaban J connectivity index is 2.09. The Kier molecular flexibility index (Phi) is 3.91. The van der Waals surface area contributed by atoms with Crippen molar-refractivity contribution in [3.63, 3.8) is 0 Å². The normalized spacial score (nSPS) is 12.4. The first-order chi connectivity index (χ1) is 8.19. The smallest absolute Gasteiger partial charge is 0.216 e. The molecule has 0 spiro atoms. The van der Waals surface area contributed by atoms with Crippen LogP contribution in [-0.4, -0.2) is 22.1 Å². The molecule has 0 aliphatic rings. The van der Waals surface area contributed by atoms with Gasteiger partial charge in [0.25, 0.3) is 0 Å². The van der Waals surface area contributed by atoms with E-state index in [2.05, 4.69) is 15.0 Å². The van der Waals surface area contributed by atoms with Crippen LogP contribution in [0.15, 0.2) is 17.8 Å². The van der Waals surface area contributed by atoms with Gasteiger partial charge < -0.3 is 4.74 Å². The molecule has 4 nitrogen and oxygen atoms in total. The Hall–Kier alpha value is -1.20. The van der Waals surface area contributed by atoms with Gasteiger partial charge in [0.15, 0.2) is 0 Å². The van der Waals surface area contributed by atoms with Crippen molar-refractivity contribution in [2.75, 3.05) is 7.11 Å². The lowest BCUT2D eigenvalue weighted by Gasteiger charge is -2.06. The van der Waals surface area contributed by atoms with E-state index in [-0.39, 0.29) is 5.38 Å². The van der Waals surface area contributed by atoms with Gasteiger partial charge in [0, 0.05) is 23.6 Å². The maximum atomic E-state index is 6.29. The minimum atomic E-state index is -0.167. The van der Waals surface area contributed by atoms with E-state index in [9.17, 15) is 0 Å². The molecule has 17 heavy (non-hydrogen) atoms. The number of methoxy groups -OCH3 is 1. The summed E-state index contributed by atoms with van der Waals surface area (Å²) in [4.78, 5) is 12.5. The molecule has 0 amide bonds. The molecule has 0 aromatic carbocycles. The molecule has 0 saturated carbocycles. The first kappa shape index (κ1) is 12.3. The zero-order chi connectivity index (χ0) is 12.3. The summed E-state index contributed by atoms with van der Waals surface area (Å²) in [5.74, 6) is 0.549. The lowest BCUT2D eigenvalue weighted by molar-refractivity contribution is 0.396. The molecular formula is C11H12ClN3OS. The zero-order valence-corrected chi connectivity index (χ0v) is 11.1. The van der Waals surface area contributed by atoms with Crippen molar-refractivity contribution in [1.82, 2.24) is 15.0 Å². The average molecular weight is 270 g/mol. The molecule has 0 aliphatic heterocycles. The summed E-state index contributed by atoms with van der Waals surface area (Å²) in [7, 11) is 1.58. The topological polar surface area (TPSA) is 47.9 Å². The minimum absolute atomic E-state index is 0.167. The van der Waals surface area contributed by atoms with Gasteiger partial charge in [0.05, 0.1) is 23.2 Å². The number of rotatable bonds is 4. The van der Waals surface area contributed by atoms with Gasteiger partial charge in [-0.3, -0.25) is 0 Å². The third-order valence-corrected chi connectivity index (χ3v) is 3.42. The molecule has 2 heterocycles. The molecule has 0 N–H and O–H groups in total. The Bertz CT molecular complexity index is 503. The van der Waals surface area contributed by atoms with Gasteiger partial charge in [-0.1, -0.05) is 0 Å². The fraction of sp³-hybridized carbons (Fsp3) is 0.364. The monoisotopic (exact) mass is 269 g/mol. The predicted molar refractivity (Wildman–Crippen MR) is 67.7 cm³/mol. The van der Waals surface area contributed by atoms with E-state index in [0.29, 0.717) is 12.3 Å². The van der Waals surface area contributed by atoms with Crippen molar-refractivity contribution >= 4 is 22.9 Å². The molecule has 0 bridgehead atoms. The third-order valence-electron chi connectivity index (χ3n) is 2.25. The number of thiazole rings is 1. The van der Waals surface area contributed by atoms with Crippen LogP contribution in [0.3, 0.4) is 0 Å². The van der Waals surface area contributed by atoms with Crippen molar-refractivity contribution in [2.24, 2.45) is 0 Å². The summed E-state index contributed by atoms with van der Waals surface area (Å²) in [5.41, 5.74) is 1.74. The molecule has 2 rings (SSSR count). The van der Waals surface area contributed by atoms with Crippen LogP contribution in [0.2, 0.25) is 0 Å². The van der Waals surface area contributed by atoms with Crippen molar-refractivity contribution in [2.45, 2.75) is 18.7 Å². The van der Waals surface area contributed by atoms with E-state index < -0.39 is 0 Å². The summed E-state index contributed by atoms with van der Waals surface area (Å²) >= 11 is 7.89. The highest BCUT2D eigenvalue weighted by Crippen LogP contribution is 2.25. The Labute approximate surface area is 109 Å². The summed E-state index contributed by atoms with van der Waals surface area (Å²) in [6.07, 6.45) is 2.09. The van der Waals surface area contributed by atoms with E-state index in [4.69, 9.17) is 16.3 Å². The number of halogens is 1. The van der Waals surface area contributed by atoms with Crippen LogP contribution in [0.4, 0.5) is 0 Å². The van der Waals surface area contributed by atoms with Gasteiger partial charge in [-0.15, -0.1) is 22.9 Å². The molecule has 90 valence electrons. The lowest BCUT2D eigenvalue weighted by Crippen LogP contribution is -2.00. The second kappa shape index (κ2) is 5.42. The van der Waals surface area contributed by atoms with Crippen molar-refractivity contribution in [3.05, 3.63) is 34.2 Å². The number of alkyl halides is 1. The highest BCUT2D eigenvalue weighted by atomic mass is 35.5. The van der Waals surface area contributed by atoms with Crippen LogP contribution in [0.25, 0.3) is 0 Å². The summed E-state index contributed by atoms with van der Waals surface area (Å²) in [5, 5.41) is 2.83. The second-order valence-corrected chi connectivity index (χ2v) is 5.10. The minimum Gasteiger partial charge on any atom is -0.481 e. The van der Waals surface area contributed by atoms with Crippen molar-refractivity contribution in [1.29, 1.82) is 0 Å². The average Bonchev–Trinajstić information content (AvgIpc) is 2.76.